The van der Waals surface area contributed by atoms with E-state index in [2.05, 4.69) is 47.2 Å². The summed E-state index contributed by atoms with van der Waals surface area (Å²) in [6, 6.07) is 11.2. The Bertz CT molecular complexity index is 947. The van der Waals surface area contributed by atoms with Gasteiger partial charge in [0.05, 0.1) is 6.61 Å². The van der Waals surface area contributed by atoms with E-state index in [1.165, 1.54) is 0 Å². The van der Waals surface area contributed by atoms with E-state index in [0.717, 1.165) is 21.3 Å². The molecule has 0 bridgehead atoms. The zero-order valence-corrected chi connectivity index (χ0v) is 17.6. The summed E-state index contributed by atoms with van der Waals surface area (Å²) in [6.07, 6.45) is 0. The third kappa shape index (κ3) is 5.92. The first-order chi connectivity index (χ1) is 14.0. The number of tetrazole rings is 1. The van der Waals surface area contributed by atoms with Crippen molar-refractivity contribution in [2.45, 2.75) is 20.4 Å². The molecular weight excluding hydrogens is 440 g/mol. The van der Waals surface area contributed by atoms with Crippen LogP contribution in [0.4, 0.5) is 11.6 Å². The van der Waals surface area contributed by atoms with E-state index < -0.39 is 0 Å². The second-order valence-corrected chi connectivity index (χ2v) is 6.97. The molecule has 0 saturated carbocycles. The molecule has 0 spiro atoms. The first kappa shape index (κ1) is 20.6. The van der Waals surface area contributed by atoms with Crippen molar-refractivity contribution >= 4 is 33.5 Å². The van der Waals surface area contributed by atoms with E-state index in [-0.39, 0.29) is 12.5 Å². The van der Waals surface area contributed by atoms with Gasteiger partial charge in [-0.05, 0) is 48.9 Å². The van der Waals surface area contributed by atoms with Crippen molar-refractivity contribution in [3.05, 3.63) is 52.0 Å². The van der Waals surface area contributed by atoms with E-state index in [4.69, 9.17) is 9.47 Å². The Balaban J connectivity index is 1.64. The fourth-order valence-corrected chi connectivity index (χ4v) is 2.94. The molecule has 3 rings (SSSR count). The van der Waals surface area contributed by atoms with Gasteiger partial charge in [-0.15, -0.1) is 5.10 Å². The lowest BCUT2D eigenvalue weighted by molar-refractivity contribution is -0.118. The third-order valence-corrected chi connectivity index (χ3v) is 4.63. The summed E-state index contributed by atoms with van der Waals surface area (Å²) >= 11 is 3.52. The number of carbonyl (C=O) groups is 1. The molecule has 3 N–H and O–H groups in total. The largest absolute Gasteiger partial charge is 0.490 e. The number of nitrogens with zero attached hydrogens (tertiary/aromatic N) is 3. The van der Waals surface area contributed by atoms with Gasteiger partial charge in [0, 0.05) is 16.7 Å². The molecule has 152 valence electrons. The summed E-state index contributed by atoms with van der Waals surface area (Å²) in [5.41, 5.74) is 2.76. The standard InChI is InChI=1S/C19H21BrN6O3/c1-3-28-16-8-13(10-21-19-23-25-26-24-19)15(20)9-17(16)29-11-18(27)22-14-6-4-12(2)5-7-14/h4-9H,3,10-11H2,1-2H3,(H,22,27)(H2,21,23,24,25,26). The van der Waals surface area contributed by atoms with Crippen LogP contribution in [0.2, 0.25) is 0 Å². The van der Waals surface area contributed by atoms with Crippen molar-refractivity contribution in [3.8, 4) is 11.5 Å². The minimum Gasteiger partial charge on any atom is -0.490 e. The molecule has 0 aliphatic heterocycles. The number of rotatable bonds is 9. The molecule has 10 heteroatoms. The SMILES string of the molecule is CCOc1cc(CNc2nn[nH]n2)c(Br)cc1OCC(=O)Nc1ccc(C)cc1. The van der Waals surface area contributed by atoms with E-state index >= 15 is 0 Å². The summed E-state index contributed by atoms with van der Waals surface area (Å²) < 4.78 is 12.2. The zero-order chi connectivity index (χ0) is 20.6. The highest BCUT2D eigenvalue weighted by Crippen LogP contribution is 2.34. The van der Waals surface area contributed by atoms with Crippen LogP contribution in [-0.2, 0) is 11.3 Å². The lowest BCUT2D eigenvalue weighted by Crippen LogP contribution is -2.20. The van der Waals surface area contributed by atoms with Gasteiger partial charge in [-0.1, -0.05) is 38.7 Å². The van der Waals surface area contributed by atoms with Crippen LogP contribution >= 0.6 is 15.9 Å². The van der Waals surface area contributed by atoms with Crippen molar-refractivity contribution < 1.29 is 14.3 Å². The first-order valence-corrected chi connectivity index (χ1v) is 9.76. The molecule has 0 radical (unpaired) electrons. The average Bonchev–Trinajstić information content (AvgIpc) is 3.22. The Hall–Kier alpha value is -3.14. The number of halogens is 1. The van der Waals surface area contributed by atoms with Crippen LogP contribution in [-0.4, -0.2) is 39.7 Å². The second kappa shape index (κ2) is 9.87. The quantitative estimate of drug-likeness (QED) is 0.448. The Morgan fingerprint density at radius 2 is 1.93 bits per heavy atom. The van der Waals surface area contributed by atoms with Gasteiger partial charge in [0.2, 0.25) is 0 Å². The number of carbonyl (C=O) groups excluding carboxylic acids is 1. The number of aromatic nitrogens is 4. The van der Waals surface area contributed by atoms with Crippen molar-refractivity contribution in [1.29, 1.82) is 0 Å². The third-order valence-electron chi connectivity index (χ3n) is 3.89. The molecule has 0 saturated heterocycles. The molecular formula is C19H21BrN6O3. The van der Waals surface area contributed by atoms with Crippen LogP contribution in [0.1, 0.15) is 18.1 Å². The van der Waals surface area contributed by atoms with Crippen LogP contribution in [0, 0.1) is 6.92 Å². The number of ether oxygens (including phenoxy) is 2. The Kier molecular flexibility index (Phi) is 7.01. The fraction of sp³-hybridized carbons (Fsp3) is 0.263. The maximum absolute atomic E-state index is 12.2. The number of nitrogens with one attached hydrogen (secondary N) is 3. The maximum atomic E-state index is 12.2. The Morgan fingerprint density at radius 3 is 2.62 bits per heavy atom. The van der Waals surface area contributed by atoms with Crippen LogP contribution in [0.3, 0.4) is 0 Å². The van der Waals surface area contributed by atoms with Crippen molar-refractivity contribution in [3.63, 3.8) is 0 Å². The van der Waals surface area contributed by atoms with Crippen LogP contribution in [0.5, 0.6) is 11.5 Å². The summed E-state index contributed by atoms with van der Waals surface area (Å²) in [7, 11) is 0. The highest BCUT2D eigenvalue weighted by molar-refractivity contribution is 9.10. The Labute approximate surface area is 176 Å². The molecule has 0 unspecified atom stereocenters. The number of benzene rings is 2. The lowest BCUT2D eigenvalue weighted by atomic mass is 10.2. The molecule has 3 aromatic rings. The van der Waals surface area contributed by atoms with Gasteiger partial charge >= 0.3 is 0 Å². The number of H-pyrrole nitrogens is 1. The molecule has 0 aliphatic rings. The minimum absolute atomic E-state index is 0.138. The molecule has 1 aromatic heterocycles. The average molecular weight is 461 g/mol. The zero-order valence-electron chi connectivity index (χ0n) is 16.0. The second-order valence-electron chi connectivity index (χ2n) is 6.12. The number of amides is 1. The molecule has 2 aromatic carbocycles. The van der Waals surface area contributed by atoms with E-state index in [1.807, 2.05) is 44.2 Å². The topological polar surface area (TPSA) is 114 Å². The number of hydrogen-bond acceptors (Lipinski definition) is 7. The minimum atomic E-state index is -0.254. The van der Waals surface area contributed by atoms with Gasteiger partial charge in [-0.25, -0.2) is 0 Å². The van der Waals surface area contributed by atoms with Gasteiger partial charge in [0.1, 0.15) is 0 Å². The number of anilines is 2. The van der Waals surface area contributed by atoms with Gasteiger partial charge in [-0.2, -0.15) is 5.21 Å². The van der Waals surface area contributed by atoms with Gasteiger partial charge in [-0.3, -0.25) is 4.79 Å². The normalized spacial score (nSPS) is 10.4. The summed E-state index contributed by atoms with van der Waals surface area (Å²) in [5, 5.41) is 19.4. The van der Waals surface area contributed by atoms with E-state index in [0.29, 0.717) is 30.6 Å². The van der Waals surface area contributed by atoms with Crippen molar-refractivity contribution in [1.82, 2.24) is 20.6 Å². The molecule has 1 heterocycles. The van der Waals surface area contributed by atoms with Gasteiger partial charge in [0.25, 0.3) is 11.9 Å². The Morgan fingerprint density at radius 1 is 1.17 bits per heavy atom. The molecule has 0 atom stereocenters. The highest BCUT2D eigenvalue weighted by atomic mass is 79.9. The molecule has 1 amide bonds. The smallest absolute Gasteiger partial charge is 0.263 e. The molecule has 29 heavy (non-hydrogen) atoms. The van der Waals surface area contributed by atoms with E-state index in [1.54, 1.807) is 6.07 Å². The highest BCUT2D eigenvalue weighted by Gasteiger charge is 2.13. The van der Waals surface area contributed by atoms with Gasteiger partial charge in [0.15, 0.2) is 18.1 Å². The first-order valence-electron chi connectivity index (χ1n) is 8.97. The monoisotopic (exact) mass is 460 g/mol. The fourth-order valence-electron chi connectivity index (χ4n) is 2.48. The summed E-state index contributed by atoms with van der Waals surface area (Å²) in [5.74, 6) is 1.16. The lowest BCUT2D eigenvalue weighted by Gasteiger charge is -2.15. The van der Waals surface area contributed by atoms with Gasteiger partial charge < -0.3 is 20.1 Å². The number of aromatic amines is 1. The summed E-state index contributed by atoms with van der Waals surface area (Å²) in [4.78, 5) is 12.2. The molecule has 9 nitrogen and oxygen atoms in total. The van der Waals surface area contributed by atoms with Crippen molar-refractivity contribution in [2.75, 3.05) is 23.8 Å². The maximum Gasteiger partial charge on any atom is 0.263 e. The van der Waals surface area contributed by atoms with Crippen LogP contribution < -0.4 is 20.1 Å². The van der Waals surface area contributed by atoms with E-state index in [9.17, 15) is 4.79 Å². The predicted octanol–water partition coefficient (Wildman–Crippen LogP) is 3.30. The number of hydrogen-bond donors (Lipinski definition) is 3. The molecule has 0 fully saturated rings. The van der Waals surface area contributed by atoms with Crippen LogP contribution in [0.25, 0.3) is 0 Å². The molecule has 0 aliphatic carbocycles. The van der Waals surface area contributed by atoms with Crippen LogP contribution in [0.15, 0.2) is 40.9 Å². The predicted molar refractivity (Wildman–Crippen MR) is 112 cm³/mol. The summed E-state index contributed by atoms with van der Waals surface area (Å²) in [6.45, 7) is 4.65. The number of aryl methyl sites for hydroxylation is 1. The van der Waals surface area contributed by atoms with Crippen molar-refractivity contribution in [2.24, 2.45) is 0 Å².